The number of aliphatic hydroxyl groups is 1. The highest BCUT2D eigenvalue weighted by atomic mass is 19.1. The van der Waals surface area contributed by atoms with E-state index in [1.807, 2.05) is 24.3 Å². The highest BCUT2D eigenvalue weighted by molar-refractivity contribution is 5.47. The van der Waals surface area contributed by atoms with Crippen molar-refractivity contribution in [1.29, 1.82) is 0 Å². The molecule has 3 rings (SSSR count). The van der Waals surface area contributed by atoms with Crippen molar-refractivity contribution in [3.8, 4) is 5.75 Å². The fourth-order valence-corrected chi connectivity index (χ4v) is 3.51. The average Bonchev–Trinajstić information content (AvgIpc) is 2.68. The van der Waals surface area contributed by atoms with Gasteiger partial charge < -0.3 is 19.6 Å². The van der Waals surface area contributed by atoms with E-state index in [-0.39, 0.29) is 5.82 Å². The summed E-state index contributed by atoms with van der Waals surface area (Å²) in [6.07, 6.45) is -0.509. The topological polar surface area (TPSA) is 37.1 Å². The van der Waals surface area contributed by atoms with Gasteiger partial charge in [-0.1, -0.05) is 38.1 Å². The van der Waals surface area contributed by atoms with Gasteiger partial charge in [-0.15, -0.1) is 0 Å². The number of halogens is 1. The van der Waals surface area contributed by atoms with E-state index < -0.39 is 6.10 Å². The first-order valence-corrected chi connectivity index (χ1v) is 9.77. The average molecular weight is 373 g/mol. The van der Waals surface area contributed by atoms with Crippen LogP contribution in [0.25, 0.3) is 0 Å². The Morgan fingerprint density at radius 2 is 1.74 bits per heavy atom. The number of piperazine rings is 1. The Morgan fingerprint density at radius 3 is 2.37 bits per heavy atom. The van der Waals surface area contributed by atoms with Crippen molar-refractivity contribution in [3.63, 3.8) is 0 Å². The highest BCUT2D eigenvalue weighted by Crippen LogP contribution is 2.19. The van der Waals surface area contributed by atoms with Crippen LogP contribution in [0.3, 0.4) is 0 Å². The number of quaternary nitrogens is 1. The maximum absolute atomic E-state index is 13.9. The van der Waals surface area contributed by atoms with E-state index >= 15 is 0 Å². The zero-order valence-corrected chi connectivity index (χ0v) is 16.2. The summed E-state index contributed by atoms with van der Waals surface area (Å²) in [5, 5.41) is 10.3. The molecule has 1 fully saturated rings. The number of nitrogens with one attached hydrogen (secondary N) is 1. The summed E-state index contributed by atoms with van der Waals surface area (Å²) in [7, 11) is 0. The molecule has 5 heteroatoms. The van der Waals surface area contributed by atoms with Crippen LogP contribution in [0, 0.1) is 5.82 Å². The molecule has 2 aromatic carbocycles. The van der Waals surface area contributed by atoms with Crippen molar-refractivity contribution >= 4 is 5.69 Å². The van der Waals surface area contributed by atoms with Crippen molar-refractivity contribution < 1.29 is 19.1 Å². The smallest absolute Gasteiger partial charge is 0.146 e. The van der Waals surface area contributed by atoms with Crippen LogP contribution in [-0.2, 0) is 0 Å². The number of nitrogens with zero attached hydrogens (tertiary/aromatic N) is 1. The minimum Gasteiger partial charge on any atom is -0.491 e. The Hall–Kier alpha value is -2.11. The van der Waals surface area contributed by atoms with Crippen LogP contribution in [0.4, 0.5) is 10.1 Å². The minimum absolute atomic E-state index is 0.169. The molecule has 146 valence electrons. The molecule has 2 aromatic rings. The molecule has 0 aromatic heterocycles. The standard InChI is InChI=1S/C22H29FN2O2/c1-17(2)18-7-9-20(10-8-18)27-16-19(26)15-24-11-13-25(14-12-24)22-6-4-3-5-21(22)23/h3-10,17,19,26H,11-16H2,1-2H3/p+1/t19-/m1/s1. The van der Waals surface area contributed by atoms with Crippen LogP contribution in [-0.4, -0.2) is 50.5 Å². The molecule has 0 spiro atoms. The first-order chi connectivity index (χ1) is 13.0. The third kappa shape index (κ3) is 5.44. The maximum Gasteiger partial charge on any atom is 0.146 e. The number of anilines is 1. The zero-order valence-electron chi connectivity index (χ0n) is 16.2. The lowest BCUT2D eigenvalue weighted by molar-refractivity contribution is -0.903. The van der Waals surface area contributed by atoms with Crippen LogP contribution in [0.15, 0.2) is 48.5 Å². The van der Waals surface area contributed by atoms with Gasteiger partial charge in [0, 0.05) is 0 Å². The van der Waals surface area contributed by atoms with Gasteiger partial charge in [-0.25, -0.2) is 4.39 Å². The summed E-state index contributed by atoms with van der Waals surface area (Å²) in [4.78, 5) is 3.41. The third-order valence-electron chi connectivity index (χ3n) is 5.18. The lowest BCUT2D eigenvalue weighted by Gasteiger charge is -2.34. The Balaban J connectivity index is 1.41. The molecule has 1 aliphatic rings. The summed E-state index contributed by atoms with van der Waals surface area (Å²) in [5.74, 6) is 1.12. The second-order valence-corrected chi connectivity index (χ2v) is 7.58. The number of aliphatic hydroxyl groups excluding tert-OH is 1. The van der Waals surface area contributed by atoms with Gasteiger partial charge in [0.2, 0.25) is 0 Å². The molecule has 0 amide bonds. The van der Waals surface area contributed by atoms with E-state index in [1.165, 1.54) is 16.5 Å². The Morgan fingerprint density at radius 1 is 1.07 bits per heavy atom. The fourth-order valence-electron chi connectivity index (χ4n) is 3.51. The predicted octanol–water partition coefficient (Wildman–Crippen LogP) is 2.09. The highest BCUT2D eigenvalue weighted by Gasteiger charge is 2.24. The quantitative estimate of drug-likeness (QED) is 0.781. The maximum atomic E-state index is 13.9. The summed E-state index contributed by atoms with van der Waals surface area (Å²) < 4.78 is 19.6. The second-order valence-electron chi connectivity index (χ2n) is 7.58. The molecule has 4 nitrogen and oxygen atoms in total. The third-order valence-corrected chi connectivity index (χ3v) is 5.18. The van der Waals surface area contributed by atoms with Gasteiger partial charge >= 0.3 is 0 Å². The van der Waals surface area contributed by atoms with Crippen LogP contribution in [0.1, 0.15) is 25.3 Å². The van der Waals surface area contributed by atoms with Crippen LogP contribution >= 0.6 is 0 Å². The Kier molecular flexibility index (Phi) is 6.69. The van der Waals surface area contributed by atoms with Gasteiger partial charge in [0.15, 0.2) is 0 Å². The second kappa shape index (κ2) is 9.20. The first-order valence-electron chi connectivity index (χ1n) is 9.77. The molecule has 0 radical (unpaired) electrons. The van der Waals surface area contributed by atoms with Crippen LogP contribution < -0.4 is 14.5 Å². The number of hydrogen-bond acceptors (Lipinski definition) is 3. The van der Waals surface area contributed by atoms with E-state index in [4.69, 9.17) is 4.74 Å². The molecule has 0 aliphatic carbocycles. The van der Waals surface area contributed by atoms with E-state index in [2.05, 4.69) is 30.9 Å². The summed E-state index contributed by atoms with van der Waals surface area (Å²) >= 11 is 0. The molecule has 1 saturated heterocycles. The molecule has 1 aliphatic heterocycles. The number of rotatable bonds is 7. The summed E-state index contributed by atoms with van der Waals surface area (Å²) in [5.41, 5.74) is 1.95. The predicted molar refractivity (Wildman–Crippen MR) is 106 cm³/mol. The zero-order chi connectivity index (χ0) is 19.2. The SMILES string of the molecule is CC(C)c1ccc(OC[C@H](O)C[NH+]2CCN(c3ccccc3F)CC2)cc1. The Bertz CT molecular complexity index is 713. The van der Waals surface area contributed by atoms with Gasteiger partial charge in [0.25, 0.3) is 0 Å². The van der Waals surface area contributed by atoms with Gasteiger partial charge in [-0.3, -0.25) is 0 Å². The molecule has 0 saturated carbocycles. The molecule has 2 N–H and O–H groups in total. The summed E-state index contributed by atoms with van der Waals surface area (Å²) in [6.45, 7) is 8.61. The molecule has 27 heavy (non-hydrogen) atoms. The minimum atomic E-state index is -0.509. The van der Waals surface area contributed by atoms with Crippen molar-refractivity contribution in [1.82, 2.24) is 0 Å². The number of ether oxygens (including phenoxy) is 1. The van der Waals surface area contributed by atoms with E-state index in [9.17, 15) is 9.50 Å². The molecule has 0 bridgehead atoms. The number of benzene rings is 2. The first kappa shape index (κ1) is 19.6. The van der Waals surface area contributed by atoms with E-state index in [0.29, 0.717) is 24.8 Å². The van der Waals surface area contributed by atoms with E-state index in [0.717, 1.165) is 31.9 Å². The molecular weight excluding hydrogens is 343 g/mol. The largest absolute Gasteiger partial charge is 0.491 e. The molecule has 0 unspecified atom stereocenters. The van der Waals surface area contributed by atoms with Crippen LogP contribution in [0.2, 0.25) is 0 Å². The van der Waals surface area contributed by atoms with Crippen molar-refractivity contribution in [2.45, 2.75) is 25.9 Å². The lowest BCUT2D eigenvalue weighted by Crippen LogP contribution is -3.16. The van der Waals surface area contributed by atoms with Gasteiger partial charge in [-0.05, 0) is 35.7 Å². The van der Waals surface area contributed by atoms with Crippen molar-refractivity contribution in [3.05, 3.63) is 59.9 Å². The number of para-hydroxylation sites is 1. The molecule has 1 atom stereocenters. The monoisotopic (exact) mass is 373 g/mol. The van der Waals surface area contributed by atoms with Crippen LogP contribution in [0.5, 0.6) is 5.75 Å². The Labute approximate surface area is 161 Å². The van der Waals surface area contributed by atoms with Crippen molar-refractivity contribution in [2.24, 2.45) is 0 Å². The lowest BCUT2D eigenvalue weighted by atomic mass is 10.0. The van der Waals surface area contributed by atoms with E-state index in [1.54, 1.807) is 6.07 Å². The summed E-state index contributed by atoms with van der Waals surface area (Å²) in [6, 6.07) is 15.0. The van der Waals surface area contributed by atoms with Crippen molar-refractivity contribution in [2.75, 3.05) is 44.2 Å². The van der Waals surface area contributed by atoms with Gasteiger partial charge in [-0.2, -0.15) is 0 Å². The molecule has 1 heterocycles. The fraction of sp³-hybridized carbons (Fsp3) is 0.455. The molecular formula is C22H30FN2O2+. The van der Waals surface area contributed by atoms with Gasteiger partial charge in [0.05, 0.1) is 31.9 Å². The number of hydrogen-bond donors (Lipinski definition) is 2. The van der Waals surface area contributed by atoms with Gasteiger partial charge in [0.1, 0.15) is 30.8 Å². The normalized spacial score (nSPS) is 16.6.